The molecule has 0 amide bonds. The Bertz CT molecular complexity index is 46.2. The predicted molar refractivity (Wildman–Crippen MR) is 29.3 cm³/mol. The molecule has 0 fully saturated rings. The van der Waals surface area contributed by atoms with E-state index in [9.17, 15) is 0 Å². The summed E-state index contributed by atoms with van der Waals surface area (Å²) in [6.07, 6.45) is -1.25. The molecule has 0 aromatic rings. The molecule has 3 nitrogen and oxygen atoms in total. The van der Waals surface area contributed by atoms with Crippen LogP contribution in [0, 0.1) is 0 Å². The van der Waals surface area contributed by atoms with E-state index in [2.05, 4.69) is 4.74 Å². The molecular formula is C2H6K2O3. The summed E-state index contributed by atoms with van der Waals surface area (Å²) in [4.78, 5) is 9.15. The van der Waals surface area contributed by atoms with Gasteiger partial charge >= 0.3 is 109 Å². The summed E-state index contributed by atoms with van der Waals surface area (Å²) in [5.41, 5.74) is 0. The van der Waals surface area contributed by atoms with Crippen LogP contribution in [0.2, 0.25) is 0 Å². The van der Waals surface area contributed by atoms with E-state index in [0.29, 0.717) is 0 Å². The Balaban J connectivity index is -0.0000000800. The first kappa shape index (κ1) is 16.3. The van der Waals surface area contributed by atoms with Crippen molar-refractivity contribution in [3.05, 3.63) is 0 Å². The van der Waals surface area contributed by atoms with Gasteiger partial charge in [-0.25, -0.2) is 4.79 Å². The summed E-state index contributed by atoms with van der Waals surface area (Å²) in [6, 6.07) is 0. The molecule has 0 atom stereocenters. The molecule has 0 heterocycles. The van der Waals surface area contributed by atoms with Gasteiger partial charge in [-0.3, -0.25) is 0 Å². The minimum atomic E-state index is -1.25. The fourth-order valence-electron chi connectivity index (χ4n) is 0. The van der Waals surface area contributed by atoms with Crippen molar-refractivity contribution in [2.24, 2.45) is 0 Å². The first-order valence-corrected chi connectivity index (χ1v) is 1.04. The third-order valence-electron chi connectivity index (χ3n) is 0.175. The maximum atomic E-state index is 9.15. The average Bonchev–Trinajstić information content (AvgIpc) is 1.38. The molecule has 5 heteroatoms. The molecule has 0 radical (unpaired) electrons. The van der Waals surface area contributed by atoms with Crippen LogP contribution in [-0.2, 0) is 4.74 Å². The number of hydrogen-bond acceptors (Lipinski definition) is 2. The molecule has 0 rings (SSSR count). The Morgan fingerprint density at radius 2 is 1.71 bits per heavy atom. The van der Waals surface area contributed by atoms with Crippen LogP contribution in [0.25, 0.3) is 0 Å². The molecule has 0 saturated heterocycles. The van der Waals surface area contributed by atoms with Gasteiger partial charge in [-0.15, -0.1) is 0 Å². The number of carboxylic acid groups (broad SMARTS) is 1. The number of methoxy groups -OCH3 is 1. The van der Waals surface area contributed by atoms with Crippen molar-refractivity contribution in [3.63, 3.8) is 0 Å². The van der Waals surface area contributed by atoms with E-state index >= 15 is 0 Å². The fourth-order valence-corrected chi connectivity index (χ4v) is 0. The summed E-state index contributed by atoms with van der Waals surface area (Å²) >= 11 is 0. The zero-order chi connectivity index (χ0) is 4.28. The van der Waals surface area contributed by atoms with Gasteiger partial charge in [0.05, 0.1) is 7.11 Å². The number of ether oxygens (including phenoxy) is 1. The van der Waals surface area contributed by atoms with Crippen molar-refractivity contribution < 1.29 is 14.6 Å². The second-order valence-corrected chi connectivity index (χ2v) is 0.470. The van der Waals surface area contributed by atoms with Crippen LogP contribution in [0.5, 0.6) is 0 Å². The molecule has 7 heavy (non-hydrogen) atoms. The Labute approximate surface area is 127 Å². The number of rotatable bonds is 0. The molecule has 0 aromatic carbocycles. The fraction of sp³-hybridized carbons (Fsp3) is 0.500. The van der Waals surface area contributed by atoms with Crippen LogP contribution in [0.15, 0.2) is 0 Å². The summed E-state index contributed by atoms with van der Waals surface area (Å²) in [5, 5.41) is 7.50. The minimum absolute atomic E-state index is 0. The zero-order valence-corrected chi connectivity index (χ0v) is 2.76. The molecule has 0 aliphatic carbocycles. The standard InChI is InChI=1S/C2H4O3.2K.2H/c1-5-2(3)4;;;;/h1H3,(H,3,4);;;;. The zero-order valence-electron chi connectivity index (χ0n) is 2.76. The second-order valence-electron chi connectivity index (χ2n) is 0.470. The first-order chi connectivity index (χ1) is 2.27. The van der Waals surface area contributed by atoms with Crippen molar-refractivity contribution in [2.75, 3.05) is 7.11 Å². The summed E-state index contributed by atoms with van der Waals surface area (Å²) in [5.74, 6) is 0. The third kappa shape index (κ3) is 17.7. The van der Waals surface area contributed by atoms with Gasteiger partial charge in [0.15, 0.2) is 0 Å². The van der Waals surface area contributed by atoms with E-state index in [0.717, 1.165) is 7.11 Å². The Morgan fingerprint density at radius 1 is 1.57 bits per heavy atom. The van der Waals surface area contributed by atoms with Crippen LogP contribution in [0.4, 0.5) is 4.79 Å². The van der Waals surface area contributed by atoms with Crippen molar-refractivity contribution >= 4 is 109 Å². The van der Waals surface area contributed by atoms with Crippen molar-refractivity contribution in [1.82, 2.24) is 0 Å². The van der Waals surface area contributed by atoms with Gasteiger partial charge in [-0.05, 0) is 0 Å². The molecule has 0 bridgehead atoms. The van der Waals surface area contributed by atoms with Crippen LogP contribution < -0.4 is 0 Å². The number of hydrogen-bond donors (Lipinski definition) is 1. The maximum absolute atomic E-state index is 9.15. The Hall–Kier alpha value is 2.54. The van der Waals surface area contributed by atoms with Crippen molar-refractivity contribution in [3.8, 4) is 0 Å². The van der Waals surface area contributed by atoms with E-state index in [1.165, 1.54) is 0 Å². The monoisotopic (exact) mass is 156 g/mol. The van der Waals surface area contributed by atoms with Crippen LogP contribution in [-0.4, -0.2) is 121 Å². The normalized spacial score (nSPS) is 4.71. The van der Waals surface area contributed by atoms with Gasteiger partial charge in [0, 0.05) is 0 Å². The molecule has 34 valence electrons. The Kier molecular flexibility index (Phi) is 26.4. The molecule has 1 N–H and O–H groups in total. The van der Waals surface area contributed by atoms with Gasteiger partial charge < -0.3 is 9.84 Å². The first-order valence-electron chi connectivity index (χ1n) is 1.04. The summed E-state index contributed by atoms with van der Waals surface area (Å²) in [7, 11) is 1.10. The molecule has 0 spiro atoms. The van der Waals surface area contributed by atoms with Crippen LogP contribution in [0.3, 0.4) is 0 Å². The van der Waals surface area contributed by atoms with E-state index in [4.69, 9.17) is 9.90 Å². The molecule has 0 saturated carbocycles. The molecule has 0 aromatic heterocycles. The van der Waals surface area contributed by atoms with E-state index in [-0.39, 0.29) is 103 Å². The molecule has 0 aliphatic rings. The van der Waals surface area contributed by atoms with Crippen molar-refractivity contribution in [1.29, 1.82) is 0 Å². The van der Waals surface area contributed by atoms with E-state index in [1.807, 2.05) is 0 Å². The van der Waals surface area contributed by atoms with Crippen molar-refractivity contribution in [2.45, 2.75) is 0 Å². The summed E-state index contributed by atoms with van der Waals surface area (Å²) < 4.78 is 3.67. The SMILES string of the molecule is COC(=O)O.[KH].[KH]. The van der Waals surface area contributed by atoms with Gasteiger partial charge in [-0.1, -0.05) is 0 Å². The molecule has 0 aliphatic heterocycles. The van der Waals surface area contributed by atoms with Crippen LogP contribution >= 0.6 is 0 Å². The summed E-state index contributed by atoms with van der Waals surface area (Å²) in [6.45, 7) is 0. The molecule has 0 unspecified atom stereocenters. The number of carbonyl (C=O) groups is 1. The van der Waals surface area contributed by atoms with Gasteiger partial charge in [0.25, 0.3) is 0 Å². The Morgan fingerprint density at radius 3 is 1.71 bits per heavy atom. The topological polar surface area (TPSA) is 46.5 Å². The van der Waals surface area contributed by atoms with E-state index < -0.39 is 6.16 Å². The molecular weight excluding hydrogens is 150 g/mol. The van der Waals surface area contributed by atoms with Gasteiger partial charge in [-0.2, -0.15) is 0 Å². The van der Waals surface area contributed by atoms with Gasteiger partial charge in [0.2, 0.25) is 0 Å². The third-order valence-corrected chi connectivity index (χ3v) is 0.175. The van der Waals surface area contributed by atoms with E-state index in [1.54, 1.807) is 0 Å². The quantitative estimate of drug-likeness (QED) is 0.362. The van der Waals surface area contributed by atoms with Gasteiger partial charge in [0.1, 0.15) is 0 Å². The second kappa shape index (κ2) is 11.4. The predicted octanol–water partition coefficient (Wildman–Crippen LogP) is -0.986. The van der Waals surface area contributed by atoms with Crippen LogP contribution in [0.1, 0.15) is 0 Å². The average molecular weight is 156 g/mol.